The standard InChI is InChI=1S/C13H26N4O2/c14-16-12(18)10-6-3-1-2-4-7-11(9-5-8-10)13(19)17-15/h10-11H,1-9,14-15H2,(H,16,18)(H,17,19). The third-order valence-electron chi connectivity index (χ3n) is 3.99. The Hall–Kier alpha value is -1.14. The fraction of sp³-hybridized carbons (Fsp3) is 0.846. The summed E-state index contributed by atoms with van der Waals surface area (Å²) in [4.78, 5) is 23.3. The molecule has 1 aliphatic rings. The van der Waals surface area contributed by atoms with Crippen molar-refractivity contribution in [3.05, 3.63) is 0 Å². The lowest BCUT2D eigenvalue weighted by atomic mass is 9.92. The van der Waals surface area contributed by atoms with Gasteiger partial charge in [-0.15, -0.1) is 0 Å². The van der Waals surface area contributed by atoms with Crippen LogP contribution in [0.4, 0.5) is 0 Å². The molecule has 2 unspecified atom stereocenters. The quantitative estimate of drug-likeness (QED) is 0.336. The van der Waals surface area contributed by atoms with Crippen LogP contribution < -0.4 is 22.5 Å². The van der Waals surface area contributed by atoms with Crippen molar-refractivity contribution in [2.45, 2.75) is 57.8 Å². The molecule has 110 valence electrons. The minimum absolute atomic E-state index is 0.0234. The van der Waals surface area contributed by atoms with E-state index in [1.165, 1.54) is 0 Å². The largest absolute Gasteiger partial charge is 0.294 e. The van der Waals surface area contributed by atoms with Gasteiger partial charge in [-0.25, -0.2) is 11.7 Å². The molecule has 1 saturated carbocycles. The fourth-order valence-electron chi connectivity index (χ4n) is 2.79. The summed E-state index contributed by atoms with van der Waals surface area (Å²) in [5.41, 5.74) is 4.48. The van der Waals surface area contributed by atoms with Gasteiger partial charge in [0.25, 0.3) is 0 Å². The number of nitrogens with one attached hydrogen (secondary N) is 2. The molecule has 6 nitrogen and oxygen atoms in total. The van der Waals surface area contributed by atoms with E-state index in [1.54, 1.807) is 0 Å². The highest BCUT2D eigenvalue weighted by Gasteiger charge is 2.21. The molecule has 0 aromatic carbocycles. The van der Waals surface area contributed by atoms with Crippen LogP contribution in [0.5, 0.6) is 0 Å². The number of nitrogens with two attached hydrogens (primary N) is 2. The molecule has 0 bridgehead atoms. The Labute approximate surface area is 114 Å². The first-order chi connectivity index (χ1) is 9.19. The van der Waals surface area contributed by atoms with E-state index in [0.717, 1.165) is 57.8 Å². The smallest absolute Gasteiger partial charge is 0.236 e. The Morgan fingerprint density at radius 2 is 1.05 bits per heavy atom. The SMILES string of the molecule is NNC(=O)C1CCCCCCC(C(=O)NN)CCC1. The summed E-state index contributed by atoms with van der Waals surface area (Å²) in [5.74, 6) is 10.2. The fourth-order valence-corrected chi connectivity index (χ4v) is 2.79. The average molecular weight is 270 g/mol. The van der Waals surface area contributed by atoms with Crippen molar-refractivity contribution in [1.82, 2.24) is 10.9 Å². The van der Waals surface area contributed by atoms with Crippen molar-refractivity contribution in [3.8, 4) is 0 Å². The number of rotatable bonds is 2. The van der Waals surface area contributed by atoms with E-state index >= 15 is 0 Å². The Balaban J connectivity index is 2.55. The molecule has 6 heteroatoms. The number of hydrogen-bond acceptors (Lipinski definition) is 4. The van der Waals surface area contributed by atoms with E-state index in [2.05, 4.69) is 10.9 Å². The first-order valence-corrected chi connectivity index (χ1v) is 7.20. The van der Waals surface area contributed by atoms with Gasteiger partial charge in [-0.2, -0.15) is 0 Å². The van der Waals surface area contributed by atoms with Crippen LogP contribution >= 0.6 is 0 Å². The second kappa shape index (κ2) is 8.87. The summed E-state index contributed by atoms with van der Waals surface area (Å²) in [6, 6.07) is 0. The van der Waals surface area contributed by atoms with Crippen molar-refractivity contribution in [1.29, 1.82) is 0 Å². The van der Waals surface area contributed by atoms with Crippen molar-refractivity contribution < 1.29 is 9.59 Å². The molecule has 0 heterocycles. The normalized spacial score (nSPS) is 26.0. The molecule has 0 aromatic rings. The van der Waals surface area contributed by atoms with Crippen LogP contribution in [-0.4, -0.2) is 11.8 Å². The number of carbonyl (C=O) groups excluding carboxylic acids is 2. The van der Waals surface area contributed by atoms with E-state index in [9.17, 15) is 9.59 Å². The first kappa shape index (κ1) is 15.9. The summed E-state index contributed by atoms with van der Waals surface area (Å²) >= 11 is 0. The number of hydrogen-bond donors (Lipinski definition) is 4. The Bertz CT molecular complexity index is 268. The molecule has 0 spiro atoms. The van der Waals surface area contributed by atoms with Gasteiger partial charge >= 0.3 is 0 Å². The molecule has 0 aromatic heterocycles. The Morgan fingerprint density at radius 3 is 1.42 bits per heavy atom. The van der Waals surface area contributed by atoms with Crippen LogP contribution in [0.25, 0.3) is 0 Å². The van der Waals surface area contributed by atoms with Gasteiger partial charge in [-0.3, -0.25) is 20.4 Å². The minimum atomic E-state index is -0.0842. The van der Waals surface area contributed by atoms with Crippen LogP contribution in [0.2, 0.25) is 0 Å². The van der Waals surface area contributed by atoms with E-state index in [1.807, 2.05) is 0 Å². The van der Waals surface area contributed by atoms with Gasteiger partial charge in [0.1, 0.15) is 0 Å². The van der Waals surface area contributed by atoms with E-state index in [0.29, 0.717) is 0 Å². The van der Waals surface area contributed by atoms with Crippen LogP contribution in [0.1, 0.15) is 57.8 Å². The zero-order valence-electron chi connectivity index (χ0n) is 11.5. The van der Waals surface area contributed by atoms with Crippen LogP contribution in [0, 0.1) is 11.8 Å². The Morgan fingerprint density at radius 1 is 0.684 bits per heavy atom. The summed E-state index contributed by atoms with van der Waals surface area (Å²) < 4.78 is 0. The highest BCUT2D eigenvalue weighted by Crippen LogP contribution is 2.24. The van der Waals surface area contributed by atoms with Crippen LogP contribution in [0.15, 0.2) is 0 Å². The molecule has 2 atom stereocenters. The van der Waals surface area contributed by atoms with E-state index in [-0.39, 0.29) is 23.7 Å². The predicted molar refractivity (Wildman–Crippen MR) is 73.2 cm³/mol. The van der Waals surface area contributed by atoms with Crippen molar-refractivity contribution >= 4 is 11.8 Å². The molecule has 1 fully saturated rings. The van der Waals surface area contributed by atoms with Gasteiger partial charge in [0.05, 0.1) is 0 Å². The maximum absolute atomic E-state index is 11.7. The zero-order chi connectivity index (χ0) is 14.1. The van der Waals surface area contributed by atoms with Crippen molar-refractivity contribution in [2.24, 2.45) is 23.5 Å². The van der Waals surface area contributed by atoms with Gasteiger partial charge in [0.2, 0.25) is 11.8 Å². The molecule has 1 rings (SSSR count). The second-order valence-corrected chi connectivity index (χ2v) is 5.33. The monoisotopic (exact) mass is 270 g/mol. The topological polar surface area (TPSA) is 110 Å². The lowest BCUT2D eigenvalue weighted by Gasteiger charge is -2.16. The summed E-state index contributed by atoms with van der Waals surface area (Å²) in [6.07, 6.45) is 8.51. The van der Waals surface area contributed by atoms with E-state index < -0.39 is 0 Å². The van der Waals surface area contributed by atoms with Gasteiger partial charge in [-0.05, 0) is 25.7 Å². The predicted octanol–water partition coefficient (Wildman–Crippen LogP) is 0.723. The number of carbonyl (C=O) groups is 2. The Kier molecular flexibility index (Phi) is 7.43. The van der Waals surface area contributed by atoms with Crippen molar-refractivity contribution in [3.63, 3.8) is 0 Å². The summed E-state index contributed by atoms with van der Waals surface area (Å²) in [5, 5.41) is 0. The molecule has 19 heavy (non-hydrogen) atoms. The third kappa shape index (κ3) is 5.57. The average Bonchev–Trinajstić information content (AvgIpc) is 2.49. The lowest BCUT2D eigenvalue weighted by molar-refractivity contribution is -0.125. The second-order valence-electron chi connectivity index (χ2n) is 5.33. The first-order valence-electron chi connectivity index (χ1n) is 7.20. The van der Waals surface area contributed by atoms with Crippen molar-refractivity contribution in [2.75, 3.05) is 0 Å². The lowest BCUT2D eigenvalue weighted by Crippen LogP contribution is -2.37. The molecular weight excluding hydrogens is 244 g/mol. The number of hydrazine groups is 2. The van der Waals surface area contributed by atoms with Crippen LogP contribution in [-0.2, 0) is 9.59 Å². The number of amides is 2. The molecular formula is C13H26N4O2. The third-order valence-corrected chi connectivity index (χ3v) is 3.99. The van der Waals surface area contributed by atoms with Gasteiger partial charge in [0, 0.05) is 11.8 Å². The summed E-state index contributed by atoms with van der Waals surface area (Å²) in [7, 11) is 0. The molecule has 0 saturated heterocycles. The molecule has 6 N–H and O–H groups in total. The van der Waals surface area contributed by atoms with Gasteiger partial charge < -0.3 is 0 Å². The highest BCUT2D eigenvalue weighted by molar-refractivity contribution is 5.78. The van der Waals surface area contributed by atoms with Crippen LogP contribution in [0.3, 0.4) is 0 Å². The van der Waals surface area contributed by atoms with Gasteiger partial charge in [-0.1, -0.05) is 32.1 Å². The summed E-state index contributed by atoms with van der Waals surface area (Å²) in [6.45, 7) is 0. The maximum atomic E-state index is 11.7. The molecule has 0 aliphatic heterocycles. The molecule has 1 aliphatic carbocycles. The molecule has 0 radical (unpaired) electrons. The minimum Gasteiger partial charge on any atom is -0.294 e. The zero-order valence-corrected chi connectivity index (χ0v) is 11.5. The maximum Gasteiger partial charge on any atom is 0.236 e. The molecule has 2 amide bonds. The van der Waals surface area contributed by atoms with Gasteiger partial charge in [0.15, 0.2) is 0 Å². The highest BCUT2D eigenvalue weighted by atomic mass is 16.2. The van der Waals surface area contributed by atoms with E-state index in [4.69, 9.17) is 11.7 Å².